The quantitative estimate of drug-likeness (QED) is 0.0996. The Bertz CT molecular complexity index is 1630. The molecule has 1 aliphatic heterocycles. The van der Waals surface area contributed by atoms with Crippen LogP contribution in [0.5, 0.6) is 5.75 Å². The van der Waals surface area contributed by atoms with Crippen LogP contribution in [0, 0.1) is 5.92 Å². The number of nitrogens with one attached hydrogen (secondary N) is 1. The number of ether oxygens (including phenoxy) is 2. The van der Waals surface area contributed by atoms with Crippen LogP contribution in [0.4, 0.5) is 5.82 Å². The predicted molar refractivity (Wildman–Crippen MR) is 159 cm³/mol. The third kappa shape index (κ3) is 7.02. The summed E-state index contributed by atoms with van der Waals surface area (Å²) in [7, 11) is -4.34. The van der Waals surface area contributed by atoms with Gasteiger partial charge in [0.1, 0.15) is 43.0 Å². The van der Waals surface area contributed by atoms with Gasteiger partial charge in [-0.2, -0.15) is 5.09 Å². The molecule has 1 aliphatic rings. The van der Waals surface area contributed by atoms with E-state index < -0.39 is 50.9 Å². The van der Waals surface area contributed by atoms with Gasteiger partial charge in [0.05, 0.1) is 6.61 Å². The molecular formula is C28H32ClN6O8P. The molecule has 6 atom stereocenters. The zero-order valence-electron chi connectivity index (χ0n) is 23.8. The van der Waals surface area contributed by atoms with Gasteiger partial charge in [-0.3, -0.25) is 13.9 Å². The van der Waals surface area contributed by atoms with Crippen molar-refractivity contribution in [1.29, 1.82) is 0 Å². The highest BCUT2D eigenvalue weighted by molar-refractivity contribution is 7.52. The summed E-state index contributed by atoms with van der Waals surface area (Å²) in [6.07, 6.45) is -4.27. The Hall–Kier alpha value is -3.62. The molecule has 0 radical (unpaired) electrons. The number of para-hydroxylation sites is 1. The molecule has 5 N–H and O–H groups in total. The van der Waals surface area contributed by atoms with Gasteiger partial charge >= 0.3 is 13.7 Å². The lowest BCUT2D eigenvalue weighted by molar-refractivity contribution is -0.148. The second-order valence-electron chi connectivity index (χ2n) is 10.4. The normalized spacial score (nSPS) is 22.1. The third-order valence-corrected chi connectivity index (χ3v) is 8.67. The van der Waals surface area contributed by atoms with Crippen LogP contribution in [-0.4, -0.2) is 66.7 Å². The Morgan fingerprint density at radius 2 is 1.80 bits per heavy atom. The number of fused-ring (bicyclic) bond motifs is 1. The predicted octanol–water partition coefficient (Wildman–Crippen LogP) is 3.24. The summed E-state index contributed by atoms with van der Waals surface area (Å²) in [6, 6.07) is 16.3. The second-order valence-corrected chi connectivity index (χ2v) is 12.4. The van der Waals surface area contributed by atoms with E-state index in [1.807, 2.05) is 30.3 Å². The lowest BCUT2D eigenvalue weighted by atomic mass is 10.1. The van der Waals surface area contributed by atoms with Gasteiger partial charge in [-0.25, -0.2) is 19.5 Å². The summed E-state index contributed by atoms with van der Waals surface area (Å²) in [5, 5.41) is 24.3. The SMILES string of the molecule is CC(C)[C@H](NP(=O)(OC[C@H]1O[C@@H](n2c(Cl)nc3c(N)ncnc32)[C@@H](O)C1O)Oc1ccccc1)C(=O)OCc1ccccc1. The lowest BCUT2D eigenvalue weighted by Crippen LogP contribution is -2.42. The molecule has 16 heteroatoms. The molecule has 2 aromatic heterocycles. The van der Waals surface area contributed by atoms with Gasteiger partial charge in [-0.05, 0) is 35.2 Å². The van der Waals surface area contributed by atoms with Crippen LogP contribution in [0.15, 0.2) is 67.0 Å². The van der Waals surface area contributed by atoms with Crippen LogP contribution in [0.25, 0.3) is 11.2 Å². The van der Waals surface area contributed by atoms with E-state index in [1.54, 1.807) is 44.2 Å². The molecule has 234 valence electrons. The second kappa shape index (κ2) is 13.6. The fourth-order valence-corrected chi connectivity index (χ4v) is 6.48. The first-order chi connectivity index (χ1) is 21.1. The minimum absolute atomic E-state index is 0.0126. The smallest absolute Gasteiger partial charge is 0.459 e. The summed E-state index contributed by atoms with van der Waals surface area (Å²) in [4.78, 5) is 25.3. The average molecular weight is 647 g/mol. The molecule has 3 heterocycles. The Balaban J connectivity index is 1.34. The maximum absolute atomic E-state index is 14.2. The number of halogens is 1. The standard InChI is InChI=1S/C28H32ClN6O8P/c1-16(2)20(27(38)40-13-17-9-5-3-6-10-17)34-44(39,43-18-11-7-4-8-12-18)41-14-19-22(36)23(37)26(42-19)35-25-21(33-28(35)29)24(30)31-15-32-25/h3-12,15-16,19-20,22-23,26,36-37H,13-14H2,1-2H3,(H,34,39)(H2,30,31,32)/t19-,20+,22?,23+,26-,44?/m1/s1. The number of carbonyl (C=O) groups is 1. The van der Waals surface area contributed by atoms with Crippen molar-refractivity contribution in [3.8, 4) is 5.75 Å². The number of rotatable bonds is 12. The zero-order valence-corrected chi connectivity index (χ0v) is 25.4. The van der Waals surface area contributed by atoms with Gasteiger partial charge in [0, 0.05) is 0 Å². The van der Waals surface area contributed by atoms with Crippen molar-refractivity contribution < 1.29 is 38.1 Å². The van der Waals surface area contributed by atoms with Crippen molar-refractivity contribution in [3.05, 3.63) is 77.8 Å². The summed E-state index contributed by atoms with van der Waals surface area (Å²) in [5.41, 5.74) is 7.02. The topological polar surface area (TPSA) is 193 Å². The van der Waals surface area contributed by atoms with E-state index in [0.717, 1.165) is 5.56 Å². The van der Waals surface area contributed by atoms with E-state index in [0.29, 0.717) is 0 Å². The molecule has 0 spiro atoms. The van der Waals surface area contributed by atoms with Crippen molar-refractivity contribution in [1.82, 2.24) is 24.6 Å². The van der Waals surface area contributed by atoms with Crippen molar-refractivity contribution >= 4 is 42.3 Å². The molecule has 0 bridgehead atoms. The molecule has 2 aromatic carbocycles. The fraction of sp³-hybridized carbons (Fsp3) is 0.357. The van der Waals surface area contributed by atoms with Crippen molar-refractivity contribution in [3.63, 3.8) is 0 Å². The fourth-order valence-electron chi connectivity index (χ4n) is 4.55. The molecule has 0 amide bonds. The van der Waals surface area contributed by atoms with Crippen molar-refractivity contribution in [2.24, 2.45) is 5.92 Å². The number of imidazole rings is 1. The zero-order chi connectivity index (χ0) is 31.4. The molecule has 2 unspecified atom stereocenters. The van der Waals surface area contributed by atoms with Crippen LogP contribution >= 0.6 is 19.3 Å². The number of benzene rings is 2. The molecule has 1 saturated heterocycles. The molecule has 1 fully saturated rings. The molecule has 0 saturated carbocycles. The molecule has 4 aromatic rings. The average Bonchev–Trinajstić information content (AvgIpc) is 3.49. The number of hydrogen-bond acceptors (Lipinski definition) is 12. The number of nitrogens with zero attached hydrogens (tertiary/aromatic N) is 4. The Labute approximate surface area is 257 Å². The molecule has 14 nitrogen and oxygen atoms in total. The highest BCUT2D eigenvalue weighted by Crippen LogP contribution is 2.47. The van der Waals surface area contributed by atoms with Crippen LogP contribution in [-0.2, 0) is 30.0 Å². The summed E-state index contributed by atoms with van der Waals surface area (Å²) in [5.74, 6) is -0.793. The molecule has 44 heavy (non-hydrogen) atoms. The van der Waals surface area contributed by atoms with Gasteiger partial charge in [-0.15, -0.1) is 0 Å². The lowest BCUT2D eigenvalue weighted by Gasteiger charge is -2.27. The van der Waals surface area contributed by atoms with Crippen molar-refractivity contribution in [2.45, 2.75) is 51.0 Å². The van der Waals surface area contributed by atoms with E-state index in [1.165, 1.54) is 10.9 Å². The number of aliphatic hydroxyl groups excluding tert-OH is 2. The number of esters is 1. The van der Waals surface area contributed by atoms with Gasteiger partial charge in [-0.1, -0.05) is 62.4 Å². The Morgan fingerprint density at radius 3 is 2.48 bits per heavy atom. The number of nitrogen functional groups attached to an aromatic ring is 1. The van der Waals surface area contributed by atoms with E-state index in [2.05, 4.69) is 20.0 Å². The van der Waals surface area contributed by atoms with Gasteiger partial charge < -0.3 is 29.9 Å². The monoisotopic (exact) mass is 646 g/mol. The van der Waals surface area contributed by atoms with Crippen LogP contribution in [0.2, 0.25) is 5.28 Å². The molecule has 5 rings (SSSR count). The highest BCUT2D eigenvalue weighted by atomic mass is 35.5. The van der Waals surface area contributed by atoms with E-state index in [-0.39, 0.29) is 40.5 Å². The minimum Gasteiger partial charge on any atom is -0.460 e. The first-order valence-electron chi connectivity index (χ1n) is 13.7. The van der Waals surface area contributed by atoms with Crippen LogP contribution < -0.4 is 15.3 Å². The molecular weight excluding hydrogens is 615 g/mol. The largest absolute Gasteiger partial charge is 0.460 e. The summed E-state index contributed by atoms with van der Waals surface area (Å²) < 4.78 is 38.3. The maximum atomic E-state index is 14.2. The maximum Gasteiger partial charge on any atom is 0.459 e. The first-order valence-corrected chi connectivity index (χ1v) is 15.6. The van der Waals surface area contributed by atoms with Gasteiger partial charge in [0.2, 0.25) is 5.28 Å². The van der Waals surface area contributed by atoms with Gasteiger partial charge in [0.15, 0.2) is 23.2 Å². The third-order valence-electron chi connectivity index (χ3n) is 6.87. The van der Waals surface area contributed by atoms with Crippen LogP contribution in [0.3, 0.4) is 0 Å². The first kappa shape index (κ1) is 31.8. The van der Waals surface area contributed by atoms with E-state index in [4.69, 9.17) is 35.9 Å². The number of carbonyl (C=O) groups excluding carboxylic acids is 1. The molecule has 0 aliphatic carbocycles. The van der Waals surface area contributed by atoms with Crippen molar-refractivity contribution in [2.75, 3.05) is 12.3 Å². The minimum atomic E-state index is -4.34. The van der Waals surface area contributed by atoms with Gasteiger partial charge in [0.25, 0.3) is 0 Å². The number of anilines is 1. The Kier molecular flexibility index (Phi) is 9.81. The summed E-state index contributed by atoms with van der Waals surface area (Å²) >= 11 is 6.31. The number of nitrogens with two attached hydrogens (primary N) is 1. The van der Waals surface area contributed by atoms with E-state index >= 15 is 0 Å². The van der Waals surface area contributed by atoms with Crippen LogP contribution in [0.1, 0.15) is 25.6 Å². The number of aliphatic hydroxyl groups is 2. The number of aromatic nitrogens is 4. The van der Waals surface area contributed by atoms with E-state index in [9.17, 15) is 19.6 Å². The summed E-state index contributed by atoms with van der Waals surface area (Å²) in [6.45, 7) is 2.99. The Morgan fingerprint density at radius 1 is 1.11 bits per heavy atom. The highest BCUT2D eigenvalue weighted by Gasteiger charge is 2.47. The number of hydrogen-bond donors (Lipinski definition) is 4.